The van der Waals surface area contributed by atoms with Crippen LogP contribution in [0.5, 0.6) is 0 Å². The van der Waals surface area contributed by atoms with Crippen molar-refractivity contribution in [3.63, 3.8) is 0 Å². The lowest BCUT2D eigenvalue weighted by atomic mass is 9.91. The van der Waals surface area contributed by atoms with Crippen molar-refractivity contribution in [1.82, 2.24) is 0 Å². The smallest absolute Gasteiger partial charge is 0.195 e. The van der Waals surface area contributed by atoms with E-state index in [2.05, 4.69) is 6.92 Å². The molecule has 0 aromatic carbocycles. The van der Waals surface area contributed by atoms with Crippen LogP contribution in [0.1, 0.15) is 87.0 Å². The second kappa shape index (κ2) is 15.8. The first-order valence-electron chi connectivity index (χ1n) is 11.4. The van der Waals surface area contributed by atoms with Gasteiger partial charge in [0, 0.05) is 5.92 Å². The van der Waals surface area contributed by atoms with Crippen LogP contribution in [0.25, 0.3) is 0 Å². The summed E-state index contributed by atoms with van der Waals surface area (Å²) in [5.41, 5.74) is 0.502. The highest BCUT2D eigenvalue weighted by Crippen LogP contribution is 2.31. The van der Waals surface area contributed by atoms with E-state index in [1.165, 1.54) is 14.0 Å². The van der Waals surface area contributed by atoms with Crippen LogP contribution in [0.15, 0.2) is 23.0 Å². The Morgan fingerprint density at radius 2 is 1.72 bits per heavy atom. The van der Waals surface area contributed by atoms with E-state index < -0.39 is 11.7 Å². The molecular weight excluding hydrogens is 374 g/mol. The van der Waals surface area contributed by atoms with Crippen molar-refractivity contribution >= 4 is 0 Å². The topological polar surface area (TPSA) is 27.7 Å². The van der Waals surface area contributed by atoms with E-state index in [9.17, 15) is 8.78 Å². The van der Waals surface area contributed by atoms with Gasteiger partial charge in [0.05, 0.1) is 32.5 Å². The summed E-state index contributed by atoms with van der Waals surface area (Å²) in [4.78, 5) is 0. The minimum Gasteiger partial charge on any atom is -0.498 e. The fourth-order valence-corrected chi connectivity index (χ4v) is 3.46. The molecule has 0 aliphatic carbocycles. The maximum atomic E-state index is 14.4. The fourth-order valence-electron chi connectivity index (χ4n) is 3.46. The molecule has 5 heteroatoms. The first kappa shape index (κ1) is 28.1. The van der Waals surface area contributed by atoms with Crippen LogP contribution in [0.4, 0.5) is 8.78 Å². The molecule has 0 amide bonds. The van der Waals surface area contributed by atoms with Crippen molar-refractivity contribution in [3.8, 4) is 0 Å². The molecule has 172 valence electrons. The van der Waals surface area contributed by atoms with E-state index >= 15 is 0 Å². The van der Waals surface area contributed by atoms with Crippen LogP contribution >= 0.6 is 0 Å². The predicted molar refractivity (Wildman–Crippen MR) is 117 cm³/mol. The van der Waals surface area contributed by atoms with Gasteiger partial charge in [-0.15, -0.1) is 0 Å². The molecule has 0 radical (unpaired) electrons. The molecule has 0 saturated carbocycles. The average Bonchev–Trinajstić information content (AvgIpc) is 2.77. The number of halogens is 2. The SMILES string of the molecule is CC.CC/C(=C(F)\C(F)=C(/C)OC)C(C)CCC(C)OCC1CCC(CC)OC1. The van der Waals surface area contributed by atoms with E-state index in [1.807, 2.05) is 34.6 Å². The quantitative estimate of drug-likeness (QED) is 0.256. The van der Waals surface area contributed by atoms with Crippen molar-refractivity contribution < 1.29 is 23.0 Å². The lowest BCUT2D eigenvalue weighted by Gasteiger charge is -2.29. The van der Waals surface area contributed by atoms with E-state index in [0.29, 0.717) is 30.6 Å². The number of hydrogen-bond donors (Lipinski definition) is 0. The average molecular weight is 419 g/mol. The maximum Gasteiger partial charge on any atom is 0.195 e. The van der Waals surface area contributed by atoms with Crippen LogP contribution in [0, 0.1) is 11.8 Å². The lowest BCUT2D eigenvalue weighted by Crippen LogP contribution is -2.29. The molecule has 4 atom stereocenters. The normalized spacial score (nSPS) is 23.2. The van der Waals surface area contributed by atoms with E-state index in [-0.39, 0.29) is 17.8 Å². The summed E-state index contributed by atoms with van der Waals surface area (Å²) < 4.78 is 45.1. The predicted octanol–water partition coefficient (Wildman–Crippen LogP) is 7.52. The summed E-state index contributed by atoms with van der Waals surface area (Å²) in [6.07, 6.45) is 5.90. The molecular formula is C24H44F2O3. The molecule has 0 N–H and O–H groups in total. The third-order valence-electron chi connectivity index (χ3n) is 5.61. The second-order valence-electron chi connectivity index (χ2n) is 7.70. The Kier molecular flexibility index (Phi) is 15.3. The zero-order chi connectivity index (χ0) is 22.4. The van der Waals surface area contributed by atoms with Gasteiger partial charge in [-0.2, -0.15) is 0 Å². The minimum atomic E-state index is -0.895. The molecule has 1 aliphatic heterocycles. The molecule has 29 heavy (non-hydrogen) atoms. The van der Waals surface area contributed by atoms with Gasteiger partial charge in [0.2, 0.25) is 0 Å². The van der Waals surface area contributed by atoms with Crippen LogP contribution in [0.2, 0.25) is 0 Å². The van der Waals surface area contributed by atoms with Crippen molar-refractivity contribution in [2.75, 3.05) is 20.3 Å². The van der Waals surface area contributed by atoms with Crippen molar-refractivity contribution in [3.05, 3.63) is 23.0 Å². The largest absolute Gasteiger partial charge is 0.498 e. The van der Waals surface area contributed by atoms with Gasteiger partial charge in [0.1, 0.15) is 5.76 Å². The first-order valence-corrected chi connectivity index (χ1v) is 11.4. The zero-order valence-corrected chi connectivity index (χ0v) is 19.9. The molecule has 1 rings (SSSR count). The van der Waals surface area contributed by atoms with E-state index in [4.69, 9.17) is 14.2 Å². The van der Waals surface area contributed by atoms with Crippen LogP contribution in [-0.2, 0) is 14.2 Å². The molecule has 4 unspecified atom stereocenters. The molecule has 1 aliphatic rings. The maximum absolute atomic E-state index is 14.4. The minimum absolute atomic E-state index is 0.0256. The summed E-state index contributed by atoms with van der Waals surface area (Å²) in [7, 11) is 1.34. The van der Waals surface area contributed by atoms with Gasteiger partial charge in [-0.3, -0.25) is 0 Å². The van der Waals surface area contributed by atoms with E-state index in [0.717, 1.165) is 38.7 Å². The van der Waals surface area contributed by atoms with Crippen LogP contribution in [-0.4, -0.2) is 32.5 Å². The number of rotatable bonds is 11. The first-order chi connectivity index (χ1) is 13.8. The third-order valence-corrected chi connectivity index (χ3v) is 5.61. The van der Waals surface area contributed by atoms with Gasteiger partial charge < -0.3 is 14.2 Å². The van der Waals surface area contributed by atoms with E-state index in [1.54, 1.807) is 0 Å². The Balaban J connectivity index is 0.00000379. The molecule has 1 saturated heterocycles. The molecule has 1 fully saturated rings. The highest BCUT2D eigenvalue weighted by Gasteiger charge is 2.22. The summed E-state index contributed by atoms with van der Waals surface area (Å²) in [5.74, 6) is -1.27. The van der Waals surface area contributed by atoms with Gasteiger partial charge in [-0.1, -0.05) is 34.6 Å². The Labute approximate surface area is 177 Å². The lowest BCUT2D eigenvalue weighted by molar-refractivity contribution is -0.0558. The van der Waals surface area contributed by atoms with Crippen molar-refractivity contribution in [1.29, 1.82) is 0 Å². The summed E-state index contributed by atoms with van der Waals surface area (Å²) in [6, 6.07) is 0. The van der Waals surface area contributed by atoms with Gasteiger partial charge in [0.15, 0.2) is 11.7 Å². The molecule has 3 nitrogen and oxygen atoms in total. The molecule has 0 aromatic heterocycles. The monoisotopic (exact) mass is 418 g/mol. The van der Waals surface area contributed by atoms with Crippen LogP contribution in [0.3, 0.4) is 0 Å². The second-order valence-corrected chi connectivity index (χ2v) is 7.70. The number of ether oxygens (including phenoxy) is 3. The zero-order valence-electron chi connectivity index (χ0n) is 19.9. The summed E-state index contributed by atoms with van der Waals surface area (Å²) >= 11 is 0. The molecule has 0 aromatic rings. The standard InChI is InChI=1S/C22H38F2O3.C2H6/c1-7-19-12-11-18(14-27-19)13-26-16(4)10-9-15(3)20(8-2)22(24)21(23)17(5)25-6;1-2/h15-16,18-19H,7-14H2,1-6H3;1-2H3/b21-17-,22-20-;. The summed E-state index contributed by atoms with van der Waals surface area (Å²) in [5, 5.41) is 0. The number of methoxy groups -OCH3 is 1. The molecule has 0 bridgehead atoms. The molecule has 1 heterocycles. The fraction of sp³-hybridized carbons (Fsp3) is 0.833. The Morgan fingerprint density at radius 3 is 2.21 bits per heavy atom. The van der Waals surface area contributed by atoms with Crippen LogP contribution < -0.4 is 0 Å². The van der Waals surface area contributed by atoms with Gasteiger partial charge in [-0.25, -0.2) is 8.78 Å². The number of hydrogen-bond acceptors (Lipinski definition) is 3. The number of allylic oxidation sites excluding steroid dienone is 4. The van der Waals surface area contributed by atoms with Gasteiger partial charge >= 0.3 is 0 Å². The van der Waals surface area contributed by atoms with Gasteiger partial charge in [-0.05, 0) is 63.9 Å². The Bertz CT molecular complexity index is 494. The third kappa shape index (κ3) is 10.1. The van der Waals surface area contributed by atoms with Gasteiger partial charge in [0.25, 0.3) is 0 Å². The van der Waals surface area contributed by atoms with Crippen molar-refractivity contribution in [2.24, 2.45) is 11.8 Å². The highest BCUT2D eigenvalue weighted by molar-refractivity contribution is 5.28. The Hall–Kier alpha value is -0.940. The highest BCUT2D eigenvalue weighted by atomic mass is 19.2. The Morgan fingerprint density at radius 1 is 1.07 bits per heavy atom. The van der Waals surface area contributed by atoms with Crippen molar-refractivity contribution in [2.45, 2.75) is 99.2 Å². The molecule has 0 spiro atoms. The summed E-state index contributed by atoms with van der Waals surface area (Å²) in [6.45, 7) is 14.9.